The van der Waals surface area contributed by atoms with Gasteiger partial charge in [-0.3, -0.25) is 4.79 Å². The number of hydrogen-bond acceptors (Lipinski definition) is 5. The van der Waals surface area contributed by atoms with Gasteiger partial charge in [0.15, 0.2) is 11.5 Å². The molecule has 0 spiro atoms. The predicted octanol–water partition coefficient (Wildman–Crippen LogP) is 2.69. The minimum Gasteiger partial charge on any atom is -0.493 e. The monoisotopic (exact) mass is 304 g/mol. The fourth-order valence-electron chi connectivity index (χ4n) is 1.72. The molecule has 1 N–H and O–H groups in total. The van der Waals surface area contributed by atoms with E-state index in [0.717, 1.165) is 10.6 Å². The standard InChI is InChI=1S/C15H16N2O3S/c1-16-15(18)13-9-17-14(21-13)7-5-10-4-6-11(19-2)12(8-10)20-3/h4-9H,1-3H3,(H,16,18)/b7-5-. The number of amides is 1. The van der Waals surface area contributed by atoms with Crippen LogP contribution < -0.4 is 14.8 Å². The summed E-state index contributed by atoms with van der Waals surface area (Å²) in [6.45, 7) is 0. The van der Waals surface area contributed by atoms with Crippen LogP contribution in [-0.4, -0.2) is 32.2 Å². The van der Waals surface area contributed by atoms with Crippen molar-refractivity contribution in [3.05, 3.63) is 39.8 Å². The molecule has 0 saturated carbocycles. The van der Waals surface area contributed by atoms with Crippen LogP contribution in [0.1, 0.15) is 20.2 Å². The van der Waals surface area contributed by atoms with E-state index < -0.39 is 0 Å². The van der Waals surface area contributed by atoms with Gasteiger partial charge in [0.2, 0.25) is 0 Å². The molecule has 0 aliphatic heterocycles. The van der Waals surface area contributed by atoms with Gasteiger partial charge in [-0.05, 0) is 23.8 Å². The summed E-state index contributed by atoms with van der Waals surface area (Å²) < 4.78 is 10.4. The molecule has 0 radical (unpaired) electrons. The number of nitrogens with one attached hydrogen (secondary N) is 1. The molecule has 21 heavy (non-hydrogen) atoms. The highest BCUT2D eigenvalue weighted by Crippen LogP contribution is 2.28. The lowest BCUT2D eigenvalue weighted by Crippen LogP contribution is -2.16. The molecule has 1 heterocycles. The number of thiazole rings is 1. The molecule has 0 saturated heterocycles. The quantitative estimate of drug-likeness (QED) is 0.922. The second-order valence-corrected chi connectivity index (χ2v) is 5.15. The molecule has 2 aromatic rings. The number of methoxy groups -OCH3 is 2. The fraction of sp³-hybridized carbons (Fsp3) is 0.200. The summed E-state index contributed by atoms with van der Waals surface area (Å²) in [4.78, 5) is 16.2. The highest BCUT2D eigenvalue weighted by molar-refractivity contribution is 7.14. The van der Waals surface area contributed by atoms with Gasteiger partial charge in [-0.1, -0.05) is 12.1 Å². The number of rotatable bonds is 5. The Balaban J connectivity index is 2.17. The van der Waals surface area contributed by atoms with Gasteiger partial charge in [-0.2, -0.15) is 0 Å². The Morgan fingerprint density at radius 2 is 2.00 bits per heavy atom. The van der Waals surface area contributed by atoms with E-state index in [1.54, 1.807) is 27.5 Å². The van der Waals surface area contributed by atoms with E-state index in [-0.39, 0.29) is 5.91 Å². The van der Waals surface area contributed by atoms with Crippen LogP contribution >= 0.6 is 11.3 Å². The van der Waals surface area contributed by atoms with Crippen LogP contribution in [0.5, 0.6) is 11.5 Å². The smallest absolute Gasteiger partial charge is 0.262 e. The third kappa shape index (κ3) is 3.61. The Bertz CT molecular complexity index is 665. The highest BCUT2D eigenvalue weighted by atomic mass is 32.1. The lowest BCUT2D eigenvalue weighted by molar-refractivity contribution is 0.0967. The zero-order valence-electron chi connectivity index (χ0n) is 12.0. The SMILES string of the molecule is CNC(=O)c1cnc(/C=C\c2ccc(OC)c(OC)c2)s1. The molecule has 1 aromatic carbocycles. The van der Waals surface area contributed by atoms with E-state index in [2.05, 4.69) is 10.3 Å². The summed E-state index contributed by atoms with van der Waals surface area (Å²) in [5.74, 6) is 1.23. The third-order valence-corrected chi connectivity index (χ3v) is 3.76. The van der Waals surface area contributed by atoms with E-state index in [4.69, 9.17) is 9.47 Å². The van der Waals surface area contributed by atoms with Crippen LogP contribution in [0.4, 0.5) is 0 Å². The minimum atomic E-state index is -0.127. The van der Waals surface area contributed by atoms with Crippen LogP contribution in [0.15, 0.2) is 24.4 Å². The van der Waals surface area contributed by atoms with Crippen molar-refractivity contribution in [1.82, 2.24) is 10.3 Å². The molecule has 0 atom stereocenters. The maximum absolute atomic E-state index is 11.5. The number of aromatic nitrogens is 1. The molecule has 1 aromatic heterocycles. The van der Waals surface area contributed by atoms with Gasteiger partial charge in [0, 0.05) is 7.05 Å². The van der Waals surface area contributed by atoms with Crippen molar-refractivity contribution >= 4 is 29.4 Å². The van der Waals surface area contributed by atoms with Crippen molar-refractivity contribution in [1.29, 1.82) is 0 Å². The summed E-state index contributed by atoms with van der Waals surface area (Å²) >= 11 is 1.34. The average Bonchev–Trinajstić information content (AvgIpc) is 3.00. The first-order valence-electron chi connectivity index (χ1n) is 6.26. The van der Waals surface area contributed by atoms with Gasteiger partial charge >= 0.3 is 0 Å². The predicted molar refractivity (Wildman–Crippen MR) is 84.0 cm³/mol. The summed E-state index contributed by atoms with van der Waals surface area (Å²) in [6, 6.07) is 5.64. The first-order chi connectivity index (χ1) is 10.2. The Hall–Kier alpha value is -2.34. The van der Waals surface area contributed by atoms with Gasteiger partial charge < -0.3 is 14.8 Å². The summed E-state index contributed by atoms with van der Waals surface area (Å²) in [6.07, 6.45) is 5.34. The van der Waals surface area contributed by atoms with Crippen molar-refractivity contribution < 1.29 is 14.3 Å². The third-order valence-electron chi connectivity index (χ3n) is 2.80. The number of benzene rings is 1. The molecule has 0 fully saturated rings. The van der Waals surface area contributed by atoms with E-state index >= 15 is 0 Å². The molecule has 2 rings (SSSR count). The van der Waals surface area contributed by atoms with E-state index in [0.29, 0.717) is 16.4 Å². The second-order valence-electron chi connectivity index (χ2n) is 4.09. The van der Waals surface area contributed by atoms with Crippen molar-refractivity contribution in [2.45, 2.75) is 0 Å². The number of nitrogens with zero attached hydrogens (tertiary/aromatic N) is 1. The summed E-state index contributed by atoms with van der Waals surface area (Å²) in [5, 5.41) is 3.34. The normalized spacial score (nSPS) is 10.6. The van der Waals surface area contributed by atoms with Crippen LogP contribution in [0, 0.1) is 0 Å². The van der Waals surface area contributed by atoms with Crippen molar-refractivity contribution in [3.63, 3.8) is 0 Å². The topological polar surface area (TPSA) is 60.5 Å². The Kier molecular flexibility index (Phi) is 4.94. The van der Waals surface area contributed by atoms with Gasteiger partial charge in [-0.15, -0.1) is 11.3 Å². The van der Waals surface area contributed by atoms with Crippen LogP contribution in [0.2, 0.25) is 0 Å². The molecule has 5 nitrogen and oxygen atoms in total. The van der Waals surface area contributed by atoms with Crippen molar-refractivity contribution in [2.24, 2.45) is 0 Å². The van der Waals surface area contributed by atoms with Gasteiger partial charge in [0.25, 0.3) is 5.91 Å². The number of carbonyl (C=O) groups is 1. The Morgan fingerprint density at radius 3 is 2.67 bits per heavy atom. The second kappa shape index (κ2) is 6.90. The molecular weight excluding hydrogens is 288 g/mol. The maximum atomic E-state index is 11.5. The van der Waals surface area contributed by atoms with Gasteiger partial charge in [0.1, 0.15) is 9.88 Å². The first kappa shape index (κ1) is 15.1. The summed E-state index contributed by atoms with van der Waals surface area (Å²) in [5.41, 5.74) is 0.962. The zero-order chi connectivity index (χ0) is 15.2. The Labute approximate surface area is 127 Å². The van der Waals surface area contributed by atoms with Crippen LogP contribution in [0.25, 0.3) is 12.2 Å². The van der Waals surface area contributed by atoms with E-state index in [1.165, 1.54) is 11.3 Å². The molecule has 110 valence electrons. The minimum absolute atomic E-state index is 0.127. The molecule has 0 bridgehead atoms. The molecule has 0 aliphatic rings. The zero-order valence-corrected chi connectivity index (χ0v) is 12.9. The van der Waals surface area contributed by atoms with E-state index in [1.807, 2.05) is 30.4 Å². The maximum Gasteiger partial charge on any atom is 0.262 e. The number of ether oxygens (including phenoxy) is 2. The van der Waals surface area contributed by atoms with Gasteiger partial charge in [0.05, 0.1) is 20.4 Å². The lowest BCUT2D eigenvalue weighted by atomic mass is 10.2. The number of carbonyl (C=O) groups excluding carboxylic acids is 1. The molecular formula is C15H16N2O3S. The molecule has 0 unspecified atom stereocenters. The first-order valence-corrected chi connectivity index (χ1v) is 7.07. The van der Waals surface area contributed by atoms with Crippen molar-refractivity contribution in [2.75, 3.05) is 21.3 Å². The van der Waals surface area contributed by atoms with Crippen molar-refractivity contribution in [3.8, 4) is 11.5 Å². The summed E-state index contributed by atoms with van der Waals surface area (Å²) in [7, 11) is 4.80. The average molecular weight is 304 g/mol. The largest absolute Gasteiger partial charge is 0.493 e. The lowest BCUT2D eigenvalue weighted by Gasteiger charge is -2.07. The van der Waals surface area contributed by atoms with Gasteiger partial charge in [-0.25, -0.2) is 4.98 Å². The van der Waals surface area contributed by atoms with E-state index in [9.17, 15) is 4.79 Å². The highest BCUT2D eigenvalue weighted by Gasteiger charge is 2.07. The molecule has 0 aliphatic carbocycles. The Morgan fingerprint density at radius 1 is 1.24 bits per heavy atom. The number of hydrogen-bond donors (Lipinski definition) is 1. The fourth-order valence-corrected chi connectivity index (χ4v) is 2.48. The molecule has 6 heteroatoms. The van der Waals surface area contributed by atoms with Crippen LogP contribution in [-0.2, 0) is 0 Å². The van der Waals surface area contributed by atoms with Crippen LogP contribution in [0.3, 0.4) is 0 Å². The molecule has 1 amide bonds.